The molecule has 1 unspecified atom stereocenters. The Morgan fingerprint density at radius 3 is 2.36 bits per heavy atom. The zero-order chi connectivity index (χ0) is 15.7. The van der Waals surface area contributed by atoms with Crippen molar-refractivity contribution in [3.63, 3.8) is 0 Å². The average Bonchev–Trinajstić information content (AvgIpc) is 2.93. The third-order valence-electron chi connectivity index (χ3n) is 3.96. The van der Waals surface area contributed by atoms with Crippen molar-refractivity contribution >= 4 is 15.7 Å². The lowest BCUT2D eigenvalue weighted by atomic mass is 9.95. The van der Waals surface area contributed by atoms with Crippen molar-refractivity contribution in [1.82, 2.24) is 5.32 Å². The smallest absolute Gasteiger partial charge is 0.220 e. The molecular weight excluding hydrogens is 298 g/mol. The van der Waals surface area contributed by atoms with Crippen LogP contribution in [0.25, 0.3) is 11.1 Å². The normalized spacial score (nSPS) is 18.2. The van der Waals surface area contributed by atoms with Gasteiger partial charge in [-0.15, -0.1) is 0 Å². The highest BCUT2D eigenvalue weighted by molar-refractivity contribution is 7.90. The van der Waals surface area contributed by atoms with Gasteiger partial charge in [0.15, 0.2) is 9.84 Å². The monoisotopic (exact) mass is 315 g/mol. The number of hydrogen-bond acceptors (Lipinski definition) is 3. The second kappa shape index (κ2) is 5.57. The standard InChI is InChI=1S/C17H17NO3S/c1-22(20,21)16-4-2-3-14(9-16)12-5-7-13(8-6-12)15-10-17(19)18-11-15/h2-9,15H,10-11H2,1H3,(H,18,19). The minimum Gasteiger partial charge on any atom is -0.355 e. The average molecular weight is 315 g/mol. The van der Waals surface area contributed by atoms with E-state index in [4.69, 9.17) is 0 Å². The van der Waals surface area contributed by atoms with Crippen molar-refractivity contribution in [2.75, 3.05) is 12.8 Å². The number of rotatable bonds is 3. The molecule has 3 rings (SSSR count). The number of hydrogen-bond donors (Lipinski definition) is 1. The number of amides is 1. The summed E-state index contributed by atoms with van der Waals surface area (Å²) < 4.78 is 23.3. The highest BCUT2D eigenvalue weighted by Gasteiger charge is 2.22. The molecule has 1 amide bonds. The molecule has 114 valence electrons. The first-order valence-corrected chi connectivity index (χ1v) is 9.00. The fourth-order valence-electron chi connectivity index (χ4n) is 2.69. The molecule has 0 aromatic heterocycles. The van der Waals surface area contributed by atoms with Gasteiger partial charge in [0.1, 0.15) is 0 Å². The van der Waals surface area contributed by atoms with E-state index in [0.29, 0.717) is 17.9 Å². The van der Waals surface area contributed by atoms with Crippen LogP contribution in [0.3, 0.4) is 0 Å². The van der Waals surface area contributed by atoms with Gasteiger partial charge >= 0.3 is 0 Å². The molecule has 0 bridgehead atoms. The van der Waals surface area contributed by atoms with Gasteiger partial charge in [-0.1, -0.05) is 36.4 Å². The van der Waals surface area contributed by atoms with Crippen molar-refractivity contribution < 1.29 is 13.2 Å². The first kappa shape index (κ1) is 14.8. The second-order valence-electron chi connectivity index (χ2n) is 5.63. The first-order valence-electron chi connectivity index (χ1n) is 7.10. The van der Waals surface area contributed by atoms with Gasteiger partial charge in [-0.05, 0) is 28.8 Å². The zero-order valence-corrected chi connectivity index (χ0v) is 13.1. The van der Waals surface area contributed by atoms with E-state index in [1.54, 1.807) is 18.2 Å². The minimum atomic E-state index is -3.21. The Balaban J connectivity index is 1.88. The molecule has 1 atom stereocenters. The van der Waals surface area contributed by atoms with Gasteiger partial charge in [0.2, 0.25) is 5.91 Å². The third kappa shape index (κ3) is 3.04. The molecule has 5 heteroatoms. The number of nitrogens with one attached hydrogen (secondary N) is 1. The van der Waals surface area contributed by atoms with Crippen LogP contribution in [0.2, 0.25) is 0 Å². The molecule has 1 heterocycles. The summed E-state index contributed by atoms with van der Waals surface area (Å²) in [5.74, 6) is 0.318. The number of carbonyl (C=O) groups is 1. The maximum absolute atomic E-state index is 11.6. The second-order valence-corrected chi connectivity index (χ2v) is 7.64. The summed E-state index contributed by atoms with van der Waals surface area (Å²) >= 11 is 0. The SMILES string of the molecule is CS(=O)(=O)c1cccc(-c2ccc(C3CNC(=O)C3)cc2)c1. The number of sulfone groups is 1. The summed E-state index contributed by atoms with van der Waals surface area (Å²) in [5.41, 5.74) is 2.96. The molecule has 1 aliphatic heterocycles. The van der Waals surface area contributed by atoms with Crippen LogP contribution in [0.15, 0.2) is 53.4 Å². The van der Waals surface area contributed by atoms with E-state index in [9.17, 15) is 13.2 Å². The van der Waals surface area contributed by atoms with Gasteiger partial charge < -0.3 is 5.32 Å². The van der Waals surface area contributed by atoms with Gasteiger partial charge in [-0.2, -0.15) is 0 Å². The molecule has 0 radical (unpaired) electrons. The van der Waals surface area contributed by atoms with Gasteiger partial charge in [-0.25, -0.2) is 8.42 Å². The Morgan fingerprint density at radius 2 is 1.77 bits per heavy atom. The van der Waals surface area contributed by atoms with Crippen LogP contribution in [0, 0.1) is 0 Å². The molecular formula is C17H17NO3S. The summed E-state index contributed by atoms with van der Waals surface area (Å²) in [6, 6.07) is 14.9. The van der Waals surface area contributed by atoms with Crippen LogP contribution in [-0.2, 0) is 14.6 Å². The van der Waals surface area contributed by atoms with Crippen LogP contribution in [-0.4, -0.2) is 27.1 Å². The number of carbonyl (C=O) groups excluding carboxylic acids is 1. The summed E-state index contributed by atoms with van der Waals surface area (Å²) in [5, 5.41) is 2.83. The van der Waals surface area contributed by atoms with E-state index >= 15 is 0 Å². The molecule has 2 aromatic carbocycles. The fourth-order valence-corrected chi connectivity index (χ4v) is 3.36. The molecule has 4 nitrogen and oxygen atoms in total. The van der Waals surface area contributed by atoms with E-state index in [1.807, 2.05) is 30.3 Å². The van der Waals surface area contributed by atoms with Crippen LogP contribution in [0.5, 0.6) is 0 Å². The van der Waals surface area contributed by atoms with Crippen molar-refractivity contribution in [2.45, 2.75) is 17.2 Å². The third-order valence-corrected chi connectivity index (χ3v) is 5.07. The Morgan fingerprint density at radius 1 is 1.05 bits per heavy atom. The topological polar surface area (TPSA) is 63.2 Å². The van der Waals surface area contributed by atoms with Crippen molar-refractivity contribution in [3.05, 3.63) is 54.1 Å². The maximum atomic E-state index is 11.6. The predicted molar refractivity (Wildman–Crippen MR) is 85.4 cm³/mol. The molecule has 0 aliphatic carbocycles. The van der Waals surface area contributed by atoms with Crippen LogP contribution < -0.4 is 5.32 Å². The van der Waals surface area contributed by atoms with Crippen molar-refractivity contribution in [2.24, 2.45) is 0 Å². The molecule has 1 N–H and O–H groups in total. The Hall–Kier alpha value is -2.14. The molecule has 1 aliphatic rings. The molecule has 0 saturated carbocycles. The summed E-state index contributed by atoms with van der Waals surface area (Å²) in [4.78, 5) is 11.6. The highest BCUT2D eigenvalue weighted by Crippen LogP contribution is 2.27. The highest BCUT2D eigenvalue weighted by atomic mass is 32.2. The first-order chi connectivity index (χ1) is 10.4. The summed E-state index contributed by atoms with van der Waals surface area (Å²) in [6.07, 6.45) is 1.74. The quantitative estimate of drug-likeness (QED) is 0.946. The van der Waals surface area contributed by atoms with E-state index < -0.39 is 9.84 Å². The zero-order valence-electron chi connectivity index (χ0n) is 12.2. The van der Waals surface area contributed by atoms with E-state index in [2.05, 4.69) is 5.32 Å². The molecule has 1 fully saturated rings. The summed E-state index contributed by atoms with van der Waals surface area (Å²) in [7, 11) is -3.21. The van der Waals surface area contributed by atoms with E-state index in [1.165, 1.54) is 6.26 Å². The summed E-state index contributed by atoms with van der Waals surface area (Å²) in [6.45, 7) is 0.682. The van der Waals surface area contributed by atoms with Gasteiger partial charge in [-0.3, -0.25) is 4.79 Å². The van der Waals surface area contributed by atoms with Crippen LogP contribution in [0.1, 0.15) is 17.9 Å². The predicted octanol–water partition coefficient (Wildman–Crippen LogP) is 2.36. The van der Waals surface area contributed by atoms with Gasteiger partial charge in [0.05, 0.1) is 4.90 Å². The van der Waals surface area contributed by atoms with Crippen LogP contribution in [0.4, 0.5) is 0 Å². The molecule has 0 spiro atoms. The van der Waals surface area contributed by atoms with Gasteiger partial charge in [0, 0.05) is 25.1 Å². The Bertz CT molecular complexity index is 810. The molecule has 1 saturated heterocycles. The van der Waals surface area contributed by atoms with Crippen molar-refractivity contribution in [3.8, 4) is 11.1 Å². The Labute approximate surface area is 130 Å². The van der Waals surface area contributed by atoms with E-state index in [0.717, 1.165) is 16.7 Å². The van der Waals surface area contributed by atoms with E-state index in [-0.39, 0.29) is 11.8 Å². The maximum Gasteiger partial charge on any atom is 0.220 e. The number of benzene rings is 2. The molecule has 22 heavy (non-hydrogen) atoms. The Kier molecular flexibility index (Phi) is 3.74. The van der Waals surface area contributed by atoms with Gasteiger partial charge in [0.25, 0.3) is 0 Å². The minimum absolute atomic E-state index is 0.0925. The lowest BCUT2D eigenvalue weighted by Gasteiger charge is -2.09. The van der Waals surface area contributed by atoms with Crippen molar-refractivity contribution in [1.29, 1.82) is 0 Å². The lowest BCUT2D eigenvalue weighted by molar-refractivity contribution is -0.119. The fraction of sp³-hybridized carbons (Fsp3) is 0.235. The largest absolute Gasteiger partial charge is 0.355 e. The lowest BCUT2D eigenvalue weighted by Crippen LogP contribution is -2.13. The van der Waals surface area contributed by atoms with Crippen LogP contribution >= 0.6 is 0 Å². The molecule has 2 aromatic rings.